The van der Waals surface area contributed by atoms with Crippen molar-refractivity contribution in [1.29, 1.82) is 0 Å². The maximum Gasteiger partial charge on any atom is 0.181 e. The van der Waals surface area contributed by atoms with Gasteiger partial charge in [-0.25, -0.2) is 4.98 Å². The van der Waals surface area contributed by atoms with E-state index >= 15 is 0 Å². The number of fused-ring (bicyclic) bond motifs is 1. The van der Waals surface area contributed by atoms with E-state index in [4.69, 9.17) is 5.73 Å². The third-order valence-corrected chi connectivity index (χ3v) is 4.62. The van der Waals surface area contributed by atoms with Gasteiger partial charge in [0.15, 0.2) is 5.65 Å². The molecular weight excluding hydrogens is 354 g/mol. The molecule has 142 valence electrons. The van der Waals surface area contributed by atoms with Crippen LogP contribution in [0.25, 0.3) is 16.9 Å². The molecule has 1 atom stereocenters. The van der Waals surface area contributed by atoms with E-state index in [-0.39, 0.29) is 18.4 Å². The van der Waals surface area contributed by atoms with Gasteiger partial charge in [0.05, 0.1) is 23.6 Å². The lowest BCUT2D eigenvalue weighted by atomic mass is 10.0. The van der Waals surface area contributed by atoms with Crippen LogP contribution in [-0.4, -0.2) is 31.4 Å². The van der Waals surface area contributed by atoms with Crippen LogP contribution >= 0.6 is 0 Å². The van der Waals surface area contributed by atoms with Gasteiger partial charge in [-0.05, 0) is 24.1 Å². The Bertz CT molecular complexity index is 1090. The number of benzene rings is 2. The molecule has 0 bridgehead atoms. The van der Waals surface area contributed by atoms with E-state index in [1.165, 1.54) is 0 Å². The number of nitrogens with zero attached hydrogens (tertiary/aromatic N) is 3. The van der Waals surface area contributed by atoms with E-state index in [1.807, 2.05) is 42.5 Å². The Balaban J connectivity index is 1.82. The Morgan fingerprint density at radius 3 is 2.57 bits per heavy atom. The van der Waals surface area contributed by atoms with Crippen molar-refractivity contribution in [1.82, 2.24) is 14.6 Å². The van der Waals surface area contributed by atoms with Gasteiger partial charge in [0.25, 0.3) is 0 Å². The minimum Gasteiger partial charge on any atom is -0.507 e. The van der Waals surface area contributed by atoms with Crippen molar-refractivity contribution in [2.24, 2.45) is 0 Å². The van der Waals surface area contributed by atoms with Crippen LogP contribution in [0.4, 0.5) is 11.5 Å². The molecule has 0 saturated carbocycles. The molecule has 0 fully saturated rings. The van der Waals surface area contributed by atoms with Crippen molar-refractivity contribution >= 4 is 17.2 Å². The number of aromatic nitrogens is 3. The molecule has 0 saturated heterocycles. The summed E-state index contributed by atoms with van der Waals surface area (Å²) in [4.78, 5) is 4.58. The summed E-state index contributed by atoms with van der Waals surface area (Å²) in [6.07, 6.45) is 2.07. The number of aromatic hydroxyl groups is 1. The summed E-state index contributed by atoms with van der Waals surface area (Å²) in [6.45, 7) is 0.0361. The van der Waals surface area contributed by atoms with Gasteiger partial charge in [0.2, 0.25) is 0 Å². The smallest absolute Gasteiger partial charge is 0.181 e. The minimum atomic E-state index is -0.126. The number of aliphatic hydroxyl groups is 1. The van der Waals surface area contributed by atoms with Crippen LogP contribution in [0.15, 0.2) is 66.9 Å². The maximum atomic E-state index is 10.2. The minimum absolute atomic E-state index is 0.0361. The third kappa shape index (κ3) is 3.35. The Labute approximate surface area is 162 Å². The van der Waals surface area contributed by atoms with Gasteiger partial charge in [-0.1, -0.05) is 42.5 Å². The first-order valence-electron chi connectivity index (χ1n) is 9.02. The lowest BCUT2D eigenvalue weighted by molar-refractivity contribution is 0.280. The first-order chi connectivity index (χ1) is 13.7. The number of aliphatic hydroxyl groups excluding tert-OH is 1. The van der Waals surface area contributed by atoms with E-state index in [0.717, 1.165) is 5.56 Å². The molecule has 4 rings (SSSR count). The second-order valence-electron chi connectivity index (χ2n) is 6.50. The highest BCUT2D eigenvalue weighted by molar-refractivity contribution is 5.75. The number of anilines is 2. The maximum absolute atomic E-state index is 10.2. The van der Waals surface area contributed by atoms with E-state index in [1.54, 1.807) is 28.9 Å². The summed E-state index contributed by atoms with van der Waals surface area (Å²) < 4.78 is 1.63. The Morgan fingerprint density at radius 2 is 1.82 bits per heavy atom. The van der Waals surface area contributed by atoms with E-state index in [9.17, 15) is 10.2 Å². The van der Waals surface area contributed by atoms with Gasteiger partial charge in [-0.3, -0.25) is 0 Å². The Hall–Kier alpha value is -3.58. The number of phenols is 1. The van der Waals surface area contributed by atoms with Crippen molar-refractivity contribution in [2.75, 3.05) is 17.7 Å². The summed E-state index contributed by atoms with van der Waals surface area (Å²) in [5.41, 5.74) is 9.23. The normalized spacial score (nSPS) is 12.2. The van der Waals surface area contributed by atoms with E-state index < -0.39 is 0 Å². The molecule has 0 aliphatic heterocycles. The molecule has 0 aliphatic rings. The van der Waals surface area contributed by atoms with Gasteiger partial charge < -0.3 is 21.3 Å². The SMILES string of the molecule is Nc1cnn2c(NC(CCO)c3ccccc3)cc(-c3ccccc3O)nc12. The highest BCUT2D eigenvalue weighted by Crippen LogP contribution is 2.32. The zero-order valence-electron chi connectivity index (χ0n) is 15.2. The number of nitrogens with two attached hydrogens (primary N) is 1. The monoisotopic (exact) mass is 375 g/mol. The molecule has 4 aromatic rings. The van der Waals surface area contributed by atoms with Gasteiger partial charge in [-0.2, -0.15) is 9.61 Å². The Morgan fingerprint density at radius 1 is 1.07 bits per heavy atom. The predicted molar refractivity (Wildman–Crippen MR) is 109 cm³/mol. The summed E-state index contributed by atoms with van der Waals surface area (Å²) in [7, 11) is 0. The van der Waals surface area contributed by atoms with Crippen molar-refractivity contribution in [3.63, 3.8) is 0 Å². The number of nitrogens with one attached hydrogen (secondary N) is 1. The fourth-order valence-electron chi connectivity index (χ4n) is 3.23. The molecule has 2 aromatic carbocycles. The lowest BCUT2D eigenvalue weighted by Crippen LogP contribution is -2.15. The van der Waals surface area contributed by atoms with Crippen LogP contribution in [-0.2, 0) is 0 Å². The third-order valence-electron chi connectivity index (χ3n) is 4.62. The molecule has 0 spiro atoms. The quantitative estimate of drug-likeness (QED) is 0.412. The van der Waals surface area contributed by atoms with Crippen LogP contribution in [0, 0.1) is 0 Å². The molecule has 0 radical (unpaired) electrons. The zero-order valence-corrected chi connectivity index (χ0v) is 15.2. The summed E-state index contributed by atoms with van der Waals surface area (Å²) in [5.74, 6) is 0.806. The van der Waals surface area contributed by atoms with Crippen LogP contribution < -0.4 is 11.1 Å². The highest BCUT2D eigenvalue weighted by atomic mass is 16.3. The van der Waals surface area contributed by atoms with Gasteiger partial charge in [0, 0.05) is 18.2 Å². The number of para-hydroxylation sites is 1. The second kappa shape index (κ2) is 7.58. The van der Waals surface area contributed by atoms with Gasteiger partial charge in [-0.15, -0.1) is 0 Å². The Kier molecular flexibility index (Phi) is 4.82. The summed E-state index contributed by atoms with van der Waals surface area (Å²) in [6, 6.07) is 18.6. The van der Waals surface area contributed by atoms with E-state index in [0.29, 0.717) is 34.8 Å². The molecule has 7 nitrogen and oxygen atoms in total. The molecule has 0 amide bonds. The van der Waals surface area contributed by atoms with Gasteiger partial charge >= 0.3 is 0 Å². The molecule has 0 aliphatic carbocycles. The number of nitrogen functional groups attached to an aromatic ring is 1. The first-order valence-corrected chi connectivity index (χ1v) is 9.02. The largest absolute Gasteiger partial charge is 0.507 e. The molecule has 2 heterocycles. The van der Waals surface area contributed by atoms with Crippen molar-refractivity contribution in [3.05, 3.63) is 72.4 Å². The molecule has 2 aromatic heterocycles. The highest BCUT2D eigenvalue weighted by Gasteiger charge is 2.17. The summed E-state index contributed by atoms with van der Waals surface area (Å²) >= 11 is 0. The second-order valence-corrected chi connectivity index (χ2v) is 6.50. The number of hydrogen-bond donors (Lipinski definition) is 4. The van der Waals surface area contributed by atoms with Crippen LogP contribution in [0.5, 0.6) is 5.75 Å². The van der Waals surface area contributed by atoms with Gasteiger partial charge in [0.1, 0.15) is 11.6 Å². The predicted octanol–water partition coefficient (Wildman–Crippen LogP) is 3.22. The fraction of sp³-hybridized carbons (Fsp3) is 0.143. The summed E-state index contributed by atoms with van der Waals surface area (Å²) in [5, 5.41) is 27.5. The van der Waals surface area contributed by atoms with Crippen LogP contribution in [0.2, 0.25) is 0 Å². The standard InChI is InChI=1S/C21H21N5O2/c22-16-13-23-26-20(24-17(10-11-27)14-6-2-1-3-7-14)12-18(25-21(16)26)15-8-4-5-9-19(15)28/h1-9,12-13,17,24,27-28H,10-11,22H2. The number of rotatable bonds is 6. The molecule has 1 unspecified atom stereocenters. The molecule has 5 N–H and O–H groups in total. The van der Waals surface area contributed by atoms with Crippen LogP contribution in [0.1, 0.15) is 18.0 Å². The van der Waals surface area contributed by atoms with Crippen molar-refractivity contribution in [2.45, 2.75) is 12.5 Å². The zero-order chi connectivity index (χ0) is 19.5. The average molecular weight is 375 g/mol. The lowest BCUT2D eigenvalue weighted by Gasteiger charge is -2.20. The first kappa shape index (κ1) is 17.8. The van der Waals surface area contributed by atoms with Crippen molar-refractivity contribution < 1.29 is 10.2 Å². The van der Waals surface area contributed by atoms with Crippen LogP contribution in [0.3, 0.4) is 0 Å². The molecule has 28 heavy (non-hydrogen) atoms. The molecular formula is C21H21N5O2. The topological polar surface area (TPSA) is 109 Å². The molecule has 7 heteroatoms. The number of phenolic OH excluding ortho intramolecular Hbond substituents is 1. The number of hydrogen-bond acceptors (Lipinski definition) is 6. The fourth-order valence-corrected chi connectivity index (χ4v) is 3.23. The average Bonchev–Trinajstić information content (AvgIpc) is 3.10. The van der Waals surface area contributed by atoms with Crippen molar-refractivity contribution in [3.8, 4) is 17.0 Å². The van der Waals surface area contributed by atoms with E-state index in [2.05, 4.69) is 15.4 Å².